The van der Waals surface area contributed by atoms with Crippen molar-refractivity contribution >= 4 is 53.6 Å². The van der Waals surface area contributed by atoms with Gasteiger partial charge in [-0.3, -0.25) is 9.35 Å². The summed E-state index contributed by atoms with van der Waals surface area (Å²) in [6.07, 6.45) is 0. The van der Waals surface area contributed by atoms with Crippen molar-refractivity contribution in [1.82, 2.24) is 0 Å². The van der Waals surface area contributed by atoms with Crippen LogP contribution in [0, 0.1) is 0 Å². The van der Waals surface area contributed by atoms with E-state index >= 15 is 0 Å². The first-order chi connectivity index (χ1) is 3.42. The molecule has 0 spiro atoms. The van der Waals surface area contributed by atoms with Crippen molar-refractivity contribution in [2.24, 2.45) is 0 Å². The smallest absolute Gasteiger partial charge is 1.00 e. The van der Waals surface area contributed by atoms with Gasteiger partial charge in [0.15, 0.2) is 0 Å². The summed E-state index contributed by atoms with van der Waals surface area (Å²) in [6.45, 7) is 1.09. The maximum Gasteiger partial charge on any atom is 2.00 e. The molecule has 4 nitrogen and oxygen atoms in total. The van der Waals surface area contributed by atoms with Gasteiger partial charge in [0.05, 0.1) is 0 Å². The molecule has 0 fully saturated rings. The minimum atomic E-state index is -4.07. The number of Topliss-reactive ketones (excluding diaryl/α,β-unsaturated/α-hetero) is 1. The minimum absolute atomic E-state index is 0. The van der Waals surface area contributed by atoms with Crippen LogP contribution in [-0.4, -0.2) is 62.2 Å². The summed E-state index contributed by atoms with van der Waals surface area (Å²) < 4.78 is 27.5. The normalized spacial score (nSPS) is 10.0. The van der Waals surface area contributed by atoms with E-state index in [1.807, 2.05) is 0 Å². The van der Waals surface area contributed by atoms with Crippen LogP contribution < -0.4 is 0 Å². The van der Waals surface area contributed by atoms with Crippen molar-refractivity contribution in [3.05, 3.63) is 0 Å². The Bertz CT molecular complexity index is 190. The van der Waals surface area contributed by atoms with E-state index in [-0.39, 0.29) is 40.6 Å². The molecule has 0 aliphatic carbocycles. The minimum Gasteiger partial charge on any atom is -1.00 e. The predicted molar refractivity (Wildman–Crippen MR) is 35.1 cm³/mol. The van der Waals surface area contributed by atoms with Crippen molar-refractivity contribution in [3.8, 4) is 0 Å². The molecule has 1 N–H and O–H groups in total. The van der Waals surface area contributed by atoms with Gasteiger partial charge in [-0.1, -0.05) is 0 Å². The number of ketones is 1. The van der Waals surface area contributed by atoms with Gasteiger partial charge in [0.25, 0.3) is 10.1 Å². The fraction of sp³-hybridized carbons (Fsp3) is 0.667. The molecule has 6 heteroatoms. The second-order valence-electron chi connectivity index (χ2n) is 1.43. The topological polar surface area (TPSA) is 71.4 Å². The molecular weight excluding hydrogens is 172 g/mol. The van der Waals surface area contributed by atoms with E-state index in [1.54, 1.807) is 0 Å². The van der Waals surface area contributed by atoms with Crippen molar-refractivity contribution in [1.29, 1.82) is 0 Å². The molecule has 0 aromatic carbocycles. The van der Waals surface area contributed by atoms with Crippen LogP contribution in [0.4, 0.5) is 0 Å². The molecular formula is C3H8CaO4S. The molecule has 0 saturated carbocycles. The second-order valence-corrected chi connectivity index (χ2v) is 2.88. The molecule has 0 rings (SSSR count). The molecule has 0 saturated heterocycles. The summed E-state index contributed by atoms with van der Waals surface area (Å²) in [7, 11) is -4.07. The Morgan fingerprint density at radius 3 is 2.00 bits per heavy atom. The quantitative estimate of drug-likeness (QED) is 0.451. The Balaban J connectivity index is -0.0000000817. The first-order valence-electron chi connectivity index (χ1n) is 1.86. The molecule has 0 radical (unpaired) electrons. The molecule has 9 heavy (non-hydrogen) atoms. The van der Waals surface area contributed by atoms with Crippen LogP contribution in [-0.2, 0) is 14.9 Å². The van der Waals surface area contributed by atoms with Crippen molar-refractivity contribution in [2.45, 2.75) is 6.92 Å². The van der Waals surface area contributed by atoms with Gasteiger partial charge >= 0.3 is 37.7 Å². The third-order valence-corrected chi connectivity index (χ3v) is 1.16. The van der Waals surface area contributed by atoms with Gasteiger partial charge in [-0.05, 0) is 6.92 Å². The largest absolute Gasteiger partial charge is 2.00 e. The SMILES string of the molecule is CC(=O)CS(=O)(=O)O.[Ca+2].[H-].[H-]. The fourth-order valence-electron chi connectivity index (χ4n) is 0.257. The summed E-state index contributed by atoms with van der Waals surface area (Å²) in [4.78, 5) is 9.92. The third kappa shape index (κ3) is 12.1. The van der Waals surface area contributed by atoms with Crippen molar-refractivity contribution in [3.63, 3.8) is 0 Å². The van der Waals surface area contributed by atoms with E-state index in [0.717, 1.165) is 6.92 Å². The maximum absolute atomic E-state index is 9.92. The van der Waals surface area contributed by atoms with Gasteiger partial charge < -0.3 is 2.85 Å². The van der Waals surface area contributed by atoms with Gasteiger partial charge in [0, 0.05) is 0 Å². The summed E-state index contributed by atoms with van der Waals surface area (Å²) >= 11 is 0. The molecule has 0 aromatic heterocycles. The van der Waals surface area contributed by atoms with Crippen LogP contribution >= 0.6 is 0 Å². The van der Waals surface area contributed by atoms with E-state index in [4.69, 9.17) is 4.55 Å². The van der Waals surface area contributed by atoms with Crippen LogP contribution in [0.5, 0.6) is 0 Å². The van der Waals surface area contributed by atoms with E-state index in [1.165, 1.54) is 0 Å². The van der Waals surface area contributed by atoms with Crippen LogP contribution in [0.15, 0.2) is 0 Å². The second kappa shape index (κ2) is 4.62. The maximum atomic E-state index is 9.92. The van der Waals surface area contributed by atoms with Crippen molar-refractivity contribution in [2.75, 3.05) is 5.75 Å². The zero-order valence-corrected chi connectivity index (χ0v) is 8.02. The summed E-state index contributed by atoms with van der Waals surface area (Å²) in [5.41, 5.74) is 0. The third-order valence-electron chi connectivity index (χ3n) is 0.386. The number of rotatable bonds is 2. The average Bonchev–Trinajstić information content (AvgIpc) is 1.21. The van der Waals surface area contributed by atoms with Crippen LogP contribution in [0.2, 0.25) is 0 Å². The number of hydrogen-bond donors (Lipinski definition) is 1. The molecule has 0 atom stereocenters. The monoisotopic (exact) mass is 180 g/mol. The van der Waals surface area contributed by atoms with Crippen LogP contribution in [0.1, 0.15) is 9.78 Å². The molecule has 0 aliphatic heterocycles. The van der Waals surface area contributed by atoms with Gasteiger partial charge in [-0.2, -0.15) is 8.42 Å². The molecule has 0 amide bonds. The molecule has 0 aliphatic rings. The molecule has 0 heterocycles. The Morgan fingerprint density at radius 1 is 1.67 bits per heavy atom. The summed E-state index contributed by atoms with van der Waals surface area (Å²) in [5, 5.41) is 0. The Morgan fingerprint density at radius 2 is 2.00 bits per heavy atom. The Hall–Kier alpha value is 0.840. The zero-order chi connectivity index (χ0) is 6.78. The zero-order valence-electron chi connectivity index (χ0n) is 6.99. The number of hydrogen-bond acceptors (Lipinski definition) is 3. The van der Waals surface area contributed by atoms with E-state index in [9.17, 15) is 13.2 Å². The van der Waals surface area contributed by atoms with Crippen LogP contribution in [0.3, 0.4) is 0 Å². The van der Waals surface area contributed by atoms with E-state index < -0.39 is 21.7 Å². The standard InChI is InChI=1S/C3H6O4S.Ca.2H/c1-3(4)2-8(5,6)7;;;/h2H2,1H3,(H,5,6,7);;;/q;+2;2*-1. The van der Waals surface area contributed by atoms with Gasteiger partial charge in [-0.25, -0.2) is 0 Å². The van der Waals surface area contributed by atoms with Crippen molar-refractivity contribution < 1.29 is 20.6 Å². The van der Waals surface area contributed by atoms with E-state index in [2.05, 4.69) is 0 Å². The first kappa shape index (κ1) is 12.5. The summed E-state index contributed by atoms with van der Waals surface area (Å²) in [5.74, 6) is -1.35. The molecule has 0 aromatic rings. The van der Waals surface area contributed by atoms with E-state index in [0.29, 0.717) is 0 Å². The molecule has 0 bridgehead atoms. The Kier molecular flexibility index (Phi) is 6.43. The molecule has 52 valence electrons. The van der Waals surface area contributed by atoms with Crippen LogP contribution in [0.25, 0.3) is 0 Å². The predicted octanol–water partition coefficient (Wildman–Crippen LogP) is -0.693. The average molecular weight is 180 g/mol. The Labute approximate surface area is 86.3 Å². The van der Waals surface area contributed by atoms with Gasteiger partial charge in [0.1, 0.15) is 11.5 Å². The summed E-state index contributed by atoms with van der Waals surface area (Å²) in [6, 6.07) is 0. The number of carbonyl (C=O) groups excluding carboxylic acids is 1. The molecule has 0 unspecified atom stereocenters. The fourth-order valence-corrected chi connectivity index (χ4v) is 0.771. The van der Waals surface area contributed by atoms with Gasteiger partial charge in [0.2, 0.25) is 0 Å². The van der Waals surface area contributed by atoms with Gasteiger partial charge in [-0.15, -0.1) is 0 Å². The number of carbonyl (C=O) groups is 1. The first-order valence-corrected chi connectivity index (χ1v) is 3.47.